The van der Waals surface area contributed by atoms with Gasteiger partial charge in [0.2, 0.25) is 0 Å². The molecule has 0 amide bonds. The van der Waals surface area contributed by atoms with E-state index in [1.807, 2.05) is 0 Å². The summed E-state index contributed by atoms with van der Waals surface area (Å²) in [4.78, 5) is 0. The van der Waals surface area contributed by atoms with Gasteiger partial charge in [-0.1, -0.05) is 48.0 Å². The van der Waals surface area contributed by atoms with E-state index in [-0.39, 0.29) is 44.7 Å². The first-order valence-electron chi connectivity index (χ1n) is 17.1. The predicted octanol–water partition coefficient (Wildman–Crippen LogP) is 8.40. The van der Waals surface area contributed by atoms with Crippen molar-refractivity contribution in [1.29, 1.82) is 0 Å². The van der Waals surface area contributed by atoms with Crippen LogP contribution in [0.4, 0.5) is 0 Å². The van der Waals surface area contributed by atoms with Crippen molar-refractivity contribution in [3.8, 4) is 11.5 Å². The summed E-state index contributed by atoms with van der Waals surface area (Å²) in [5, 5.41) is 11.0. The van der Waals surface area contributed by atoms with Crippen molar-refractivity contribution < 1.29 is 27.0 Å². The number of rotatable bonds is 3. The minimum Gasteiger partial charge on any atom is -0.508 e. The van der Waals surface area contributed by atoms with Gasteiger partial charge < -0.3 is 14.0 Å². The Labute approximate surface area is 259 Å². The van der Waals surface area contributed by atoms with Gasteiger partial charge in [-0.05, 0) is 135 Å². The molecule has 6 nitrogen and oxygen atoms in total. The van der Waals surface area contributed by atoms with E-state index in [0.29, 0.717) is 29.3 Å². The second-order valence-corrected chi connectivity index (χ2v) is 18.7. The zero-order valence-electron chi connectivity index (χ0n) is 27.5. The van der Waals surface area contributed by atoms with Crippen molar-refractivity contribution in [2.75, 3.05) is 0 Å². The number of benzene rings is 1. The minimum absolute atomic E-state index is 0.0221. The van der Waals surface area contributed by atoms with Crippen LogP contribution in [0.15, 0.2) is 12.1 Å². The van der Waals surface area contributed by atoms with Crippen LogP contribution < -0.4 is 4.18 Å². The Morgan fingerprint density at radius 1 is 0.814 bits per heavy atom. The Morgan fingerprint density at radius 2 is 1.51 bits per heavy atom. The maximum absolute atomic E-state index is 11.8. The highest BCUT2D eigenvalue weighted by atomic mass is 32.3. The molecule has 0 bridgehead atoms. The number of hydrogen-bond donors (Lipinski definition) is 2. The molecule has 1 heterocycles. The number of hydrogen-bond acceptors (Lipinski definition) is 5. The molecule has 240 valence electrons. The Kier molecular flexibility index (Phi) is 6.46. The highest BCUT2D eigenvalue weighted by Crippen LogP contribution is 2.74. The van der Waals surface area contributed by atoms with E-state index >= 15 is 0 Å². The molecule has 7 rings (SSSR count). The molecule has 2 N–H and O–H groups in total. The monoisotopic (exact) mass is 614 g/mol. The van der Waals surface area contributed by atoms with E-state index in [1.165, 1.54) is 57.1 Å². The number of phenols is 1. The van der Waals surface area contributed by atoms with Gasteiger partial charge in [0.05, 0.1) is 11.7 Å². The summed E-state index contributed by atoms with van der Waals surface area (Å²) < 4.78 is 45.6. The van der Waals surface area contributed by atoms with Crippen molar-refractivity contribution in [1.82, 2.24) is 0 Å². The Hall–Kier alpha value is -1.31. The van der Waals surface area contributed by atoms with Gasteiger partial charge in [0.15, 0.2) is 0 Å². The zero-order valence-corrected chi connectivity index (χ0v) is 28.3. The molecule has 1 aliphatic heterocycles. The SMILES string of the molecule is CC1(C)CCC[C@]2(C)O[C@H]3CC[C@](C)([C@H]4CC[C@]5(C)[C@@H]4CC[C@]4(C)c6c(OS(=O)(=O)O)ccc(O)c6C[C@@H]54)[C@]3(C)CC[C@@H]12. The van der Waals surface area contributed by atoms with Crippen LogP contribution in [0.2, 0.25) is 0 Å². The number of fused-ring (bicyclic) bond motifs is 7. The molecule has 1 aromatic carbocycles. The summed E-state index contributed by atoms with van der Waals surface area (Å²) in [5.74, 6) is 2.45. The molecule has 0 aromatic heterocycles. The summed E-state index contributed by atoms with van der Waals surface area (Å²) in [7, 11) is -4.67. The van der Waals surface area contributed by atoms with Crippen molar-refractivity contribution in [2.24, 2.45) is 45.3 Å². The lowest BCUT2D eigenvalue weighted by atomic mass is 9.48. The maximum atomic E-state index is 11.8. The fraction of sp³-hybridized carbons (Fsp3) is 0.833. The van der Waals surface area contributed by atoms with Gasteiger partial charge in [-0.2, -0.15) is 8.42 Å². The van der Waals surface area contributed by atoms with Crippen LogP contribution in [0.1, 0.15) is 130 Å². The lowest BCUT2D eigenvalue weighted by Crippen LogP contribution is -2.52. The van der Waals surface area contributed by atoms with Gasteiger partial charge in [-0.3, -0.25) is 4.55 Å². The summed E-state index contributed by atoms with van der Waals surface area (Å²) in [5.41, 5.74) is 1.98. The molecule has 0 radical (unpaired) electrons. The summed E-state index contributed by atoms with van der Waals surface area (Å²) >= 11 is 0. The largest absolute Gasteiger partial charge is 0.508 e. The molecule has 6 aliphatic rings. The average molecular weight is 615 g/mol. The molecule has 10 atom stereocenters. The Balaban J connectivity index is 1.22. The molecule has 1 saturated heterocycles. The smallest absolute Gasteiger partial charge is 0.446 e. The van der Waals surface area contributed by atoms with Crippen LogP contribution in [0.3, 0.4) is 0 Å². The maximum Gasteiger partial charge on any atom is 0.446 e. The second-order valence-electron chi connectivity index (χ2n) is 17.6. The number of ether oxygens (including phenoxy) is 1. The van der Waals surface area contributed by atoms with Gasteiger partial charge in [0.1, 0.15) is 11.5 Å². The van der Waals surface area contributed by atoms with Crippen LogP contribution in [-0.4, -0.2) is 29.8 Å². The molecule has 5 aliphatic carbocycles. The third-order valence-electron chi connectivity index (χ3n) is 15.6. The van der Waals surface area contributed by atoms with Crippen molar-refractivity contribution in [3.63, 3.8) is 0 Å². The average Bonchev–Trinajstić information content (AvgIpc) is 3.46. The fourth-order valence-electron chi connectivity index (χ4n) is 13.3. The first-order valence-corrected chi connectivity index (χ1v) is 18.4. The quantitative estimate of drug-likeness (QED) is 0.332. The lowest BCUT2D eigenvalue weighted by molar-refractivity contribution is -0.179. The molecule has 0 unspecified atom stereocenters. The zero-order chi connectivity index (χ0) is 31.0. The first-order chi connectivity index (χ1) is 19.9. The summed E-state index contributed by atoms with van der Waals surface area (Å²) in [6.45, 7) is 17.3. The highest BCUT2D eigenvalue weighted by Gasteiger charge is 2.69. The van der Waals surface area contributed by atoms with E-state index in [2.05, 4.69) is 48.5 Å². The summed E-state index contributed by atoms with van der Waals surface area (Å²) in [6, 6.07) is 3.02. The van der Waals surface area contributed by atoms with Crippen LogP contribution in [0, 0.1) is 45.3 Å². The van der Waals surface area contributed by atoms with E-state index < -0.39 is 10.4 Å². The number of aromatic hydroxyl groups is 1. The van der Waals surface area contributed by atoms with E-state index in [9.17, 15) is 18.1 Å². The van der Waals surface area contributed by atoms with E-state index in [4.69, 9.17) is 8.92 Å². The van der Waals surface area contributed by atoms with Crippen LogP contribution in [0.5, 0.6) is 11.5 Å². The molecule has 1 aromatic rings. The molecule has 43 heavy (non-hydrogen) atoms. The molecule has 0 spiro atoms. The normalized spacial score (nSPS) is 48.4. The van der Waals surface area contributed by atoms with Gasteiger partial charge in [-0.15, -0.1) is 0 Å². The first kappa shape index (κ1) is 30.3. The van der Waals surface area contributed by atoms with Gasteiger partial charge >= 0.3 is 10.4 Å². The minimum atomic E-state index is -4.67. The number of phenolic OH excluding ortho intramolecular Hbond substituents is 1. The van der Waals surface area contributed by atoms with Gasteiger partial charge in [0, 0.05) is 16.5 Å². The predicted molar refractivity (Wildman–Crippen MR) is 167 cm³/mol. The molecule has 5 fully saturated rings. The standard InChI is InChI=1S/C36H54O6S/c1-31(2)15-8-16-36(7)27(31)13-19-35(6)29(41-36)14-20-34(35,5)24-12-17-32(3)23(24)11-18-33(4)28(32)21-22-25(37)9-10-26(30(22)33)42-43(38,39)40/h9-10,23-24,27-29,37H,8,11-21H2,1-7H3,(H,38,39,40)/t23-,24+,27+,28+,29+,32-,33+,34-,35-,36+/m1/s1. The third-order valence-corrected chi connectivity index (χ3v) is 16.0. The van der Waals surface area contributed by atoms with Crippen LogP contribution in [0.25, 0.3) is 0 Å². The van der Waals surface area contributed by atoms with E-state index in [1.54, 1.807) is 0 Å². The third kappa shape index (κ3) is 4.05. The Bertz CT molecular complexity index is 1440. The molecule has 4 saturated carbocycles. The van der Waals surface area contributed by atoms with Crippen LogP contribution >= 0.6 is 0 Å². The molecular weight excluding hydrogens is 560 g/mol. The van der Waals surface area contributed by atoms with Crippen molar-refractivity contribution in [3.05, 3.63) is 23.3 Å². The fourth-order valence-corrected chi connectivity index (χ4v) is 13.7. The van der Waals surface area contributed by atoms with E-state index in [0.717, 1.165) is 43.2 Å². The molecule has 7 heteroatoms. The lowest BCUT2D eigenvalue weighted by Gasteiger charge is -2.56. The highest BCUT2D eigenvalue weighted by molar-refractivity contribution is 7.81. The topological polar surface area (TPSA) is 93.1 Å². The molecular formula is C36H54O6S. The van der Waals surface area contributed by atoms with Crippen LogP contribution in [-0.2, 0) is 27.0 Å². The summed E-state index contributed by atoms with van der Waals surface area (Å²) in [6.07, 6.45) is 14.0. The van der Waals surface area contributed by atoms with Gasteiger partial charge in [0.25, 0.3) is 0 Å². The van der Waals surface area contributed by atoms with Gasteiger partial charge in [-0.25, -0.2) is 0 Å². The van der Waals surface area contributed by atoms with Crippen molar-refractivity contribution >= 4 is 10.4 Å². The Morgan fingerprint density at radius 3 is 2.23 bits per heavy atom. The van der Waals surface area contributed by atoms with Crippen molar-refractivity contribution in [2.45, 2.75) is 143 Å². The second kappa shape index (κ2) is 9.15.